The van der Waals surface area contributed by atoms with E-state index in [0.29, 0.717) is 0 Å². The Morgan fingerprint density at radius 3 is 0.514 bits per heavy atom. The summed E-state index contributed by atoms with van der Waals surface area (Å²) >= 11 is 0. The second kappa shape index (κ2) is 8.47. The Labute approximate surface area is 182 Å². The van der Waals surface area contributed by atoms with Crippen molar-refractivity contribution >= 4 is 23.9 Å². The van der Waals surface area contributed by atoms with Gasteiger partial charge in [-0.2, -0.15) is 0 Å². The minimum absolute atomic E-state index is 3.00. The van der Waals surface area contributed by atoms with E-state index in [-0.39, 0.29) is 0 Å². The van der Waals surface area contributed by atoms with Gasteiger partial charge in [0, 0.05) is 0 Å². The fourth-order valence-electron chi connectivity index (χ4n) is 3.14. The van der Waals surface area contributed by atoms with Crippen LogP contribution < -0.4 is 15.6 Å². The van der Waals surface area contributed by atoms with Crippen molar-refractivity contribution in [1.82, 2.24) is 0 Å². The summed E-state index contributed by atoms with van der Waals surface area (Å²) in [5.41, 5.74) is 0. The smallest absolute Gasteiger partial charge is 0.304 e. The third-order valence-electron chi connectivity index (χ3n) is 4.71. The molecule has 0 bridgehead atoms. The van der Waals surface area contributed by atoms with Crippen molar-refractivity contribution in [1.29, 1.82) is 0 Å². The first-order valence-electron chi connectivity index (χ1n) is 8.31. The van der Waals surface area contributed by atoms with E-state index < -0.39 is 111 Å². The Bertz CT molecular complexity index is 1170. The molecule has 0 fully saturated rings. The zero-order chi connectivity index (χ0) is 26.9. The summed E-state index contributed by atoms with van der Waals surface area (Å²) in [6, 6.07) is 0. The molecule has 1 N–H and O–H groups in total. The highest BCUT2D eigenvalue weighted by Crippen LogP contribution is 2.26. The molecule has 0 aromatic heterocycles. The molecular weight excluding hydrogens is 545 g/mol. The number of rotatable bonds is 3. The highest BCUT2D eigenvalue weighted by Gasteiger charge is 2.55. The van der Waals surface area contributed by atoms with Crippen molar-refractivity contribution in [2.45, 2.75) is 0 Å². The maximum Gasteiger partial charge on any atom is 0.304 e. The zero-order valence-electron chi connectivity index (χ0n) is 15.6. The van der Waals surface area contributed by atoms with Crippen LogP contribution in [0.3, 0.4) is 0 Å². The lowest BCUT2D eigenvalue weighted by atomic mass is 10.3. The van der Waals surface area contributed by atoms with Gasteiger partial charge < -0.3 is 4.80 Å². The molecule has 0 heterocycles. The molecule has 0 aliphatic rings. The van der Waals surface area contributed by atoms with Crippen LogP contribution >= 0.6 is 0 Å². The number of halogens is 15. The van der Waals surface area contributed by atoms with Crippen LogP contribution in [0.4, 0.5) is 65.9 Å². The molecule has 0 atom stereocenters. The van der Waals surface area contributed by atoms with E-state index in [1.54, 1.807) is 0 Å². The molecular formula is C18HF15OSi. The quantitative estimate of drug-likeness (QED) is 0.175. The van der Waals surface area contributed by atoms with Gasteiger partial charge in [-0.15, -0.1) is 0 Å². The molecule has 3 rings (SSSR count). The fraction of sp³-hybridized carbons (Fsp3) is 0. The van der Waals surface area contributed by atoms with E-state index in [4.69, 9.17) is 0 Å². The van der Waals surface area contributed by atoms with Gasteiger partial charge in [0.25, 0.3) is 0 Å². The lowest BCUT2D eigenvalue weighted by Crippen LogP contribution is -2.73. The molecule has 0 aliphatic carbocycles. The molecule has 35 heavy (non-hydrogen) atoms. The third-order valence-corrected chi connectivity index (χ3v) is 8.20. The van der Waals surface area contributed by atoms with Crippen LogP contribution in [-0.4, -0.2) is 13.1 Å². The Balaban J connectivity index is 2.78. The number of hydrogen-bond donors (Lipinski definition) is 1. The van der Waals surface area contributed by atoms with Crippen molar-refractivity contribution < 1.29 is 70.7 Å². The first-order chi connectivity index (χ1) is 16.0. The summed E-state index contributed by atoms with van der Waals surface area (Å²) in [5.74, 6) is -47.5. The molecule has 188 valence electrons. The van der Waals surface area contributed by atoms with Crippen molar-refractivity contribution in [3.63, 3.8) is 0 Å². The molecule has 3 aromatic carbocycles. The van der Waals surface area contributed by atoms with Gasteiger partial charge in [0.05, 0.1) is 15.6 Å². The lowest BCUT2D eigenvalue weighted by Gasteiger charge is -2.29. The zero-order valence-corrected chi connectivity index (χ0v) is 16.6. The van der Waals surface area contributed by atoms with Crippen LogP contribution in [0, 0.1) is 87.3 Å². The van der Waals surface area contributed by atoms with Crippen molar-refractivity contribution in [2.75, 3.05) is 0 Å². The first-order valence-corrected chi connectivity index (χ1v) is 10.3. The lowest BCUT2D eigenvalue weighted by molar-refractivity contribution is 0.374. The molecule has 3 aromatic rings. The SMILES string of the molecule is O[Si](c1c(F)c(F)c(F)c(F)c1F)(c1c(F)c(F)c(F)c(F)c1F)c1c(F)c(F)c(F)c(F)c1F. The average molecular weight is 546 g/mol. The summed E-state index contributed by atoms with van der Waals surface area (Å²) in [6.07, 6.45) is 0. The van der Waals surface area contributed by atoms with Gasteiger partial charge >= 0.3 is 8.32 Å². The van der Waals surface area contributed by atoms with Crippen LogP contribution in [0.1, 0.15) is 0 Å². The van der Waals surface area contributed by atoms with E-state index in [1.165, 1.54) is 0 Å². The highest BCUT2D eigenvalue weighted by atomic mass is 28.4. The average Bonchev–Trinajstić information content (AvgIpc) is 2.81. The maximum absolute atomic E-state index is 14.5. The van der Waals surface area contributed by atoms with E-state index in [2.05, 4.69) is 0 Å². The third kappa shape index (κ3) is 3.39. The molecule has 0 spiro atoms. The van der Waals surface area contributed by atoms with Gasteiger partial charge in [-0.25, -0.2) is 65.9 Å². The minimum atomic E-state index is -7.59. The predicted octanol–water partition coefficient (Wildman–Crippen LogP) is 3.73. The van der Waals surface area contributed by atoms with Gasteiger partial charge in [-0.1, -0.05) is 0 Å². The van der Waals surface area contributed by atoms with Gasteiger partial charge in [0.2, 0.25) is 17.5 Å². The van der Waals surface area contributed by atoms with Gasteiger partial charge in [-0.05, 0) is 0 Å². The van der Waals surface area contributed by atoms with Crippen LogP contribution in [-0.2, 0) is 0 Å². The highest BCUT2D eigenvalue weighted by molar-refractivity contribution is 7.06. The summed E-state index contributed by atoms with van der Waals surface area (Å²) < 4.78 is 210. The normalized spacial score (nSPS) is 12.0. The second-order valence-corrected chi connectivity index (χ2v) is 9.47. The molecule has 0 saturated heterocycles. The van der Waals surface area contributed by atoms with Crippen molar-refractivity contribution in [2.24, 2.45) is 0 Å². The largest absolute Gasteiger partial charge is 0.420 e. The van der Waals surface area contributed by atoms with Crippen molar-refractivity contribution in [3.05, 3.63) is 87.3 Å². The Morgan fingerprint density at radius 2 is 0.371 bits per heavy atom. The molecule has 0 saturated carbocycles. The Morgan fingerprint density at radius 1 is 0.257 bits per heavy atom. The van der Waals surface area contributed by atoms with E-state index in [9.17, 15) is 70.7 Å². The maximum atomic E-state index is 14.5. The minimum Gasteiger partial charge on any atom is -0.420 e. The number of hydrogen-bond acceptors (Lipinski definition) is 1. The Hall–Kier alpha value is -3.21. The summed E-state index contributed by atoms with van der Waals surface area (Å²) in [6.45, 7) is 0. The topological polar surface area (TPSA) is 20.2 Å². The van der Waals surface area contributed by atoms with E-state index in [1.807, 2.05) is 0 Å². The van der Waals surface area contributed by atoms with E-state index >= 15 is 0 Å². The first kappa shape index (κ1) is 26.4. The molecule has 0 unspecified atom stereocenters. The molecule has 0 radical (unpaired) electrons. The Kier molecular flexibility index (Phi) is 6.39. The van der Waals surface area contributed by atoms with Crippen molar-refractivity contribution in [3.8, 4) is 0 Å². The van der Waals surface area contributed by atoms with Gasteiger partial charge in [0.1, 0.15) is 0 Å². The predicted molar refractivity (Wildman–Crippen MR) is 85.6 cm³/mol. The van der Waals surface area contributed by atoms with E-state index in [0.717, 1.165) is 0 Å². The summed E-state index contributed by atoms with van der Waals surface area (Å²) in [7, 11) is -7.59. The summed E-state index contributed by atoms with van der Waals surface area (Å²) in [4.78, 5) is 10.9. The second-order valence-electron chi connectivity index (χ2n) is 6.55. The monoisotopic (exact) mass is 546 g/mol. The number of benzene rings is 3. The standard InChI is InChI=1S/C18HF15OSi/c19-1-4(22)10(28)16(11(29)5(1)23)35(34,17-12(30)6(24)2(20)7(25)13(17)31)18-14(32)8(26)3(21)9(27)15(18)33/h34H. The summed E-state index contributed by atoms with van der Waals surface area (Å²) in [5, 5.41) is -9.00. The van der Waals surface area contributed by atoms with Gasteiger partial charge in [-0.3, -0.25) is 0 Å². The molecule has 0 aliphatic heterocycles. The molecule has 0 amide bonds. The van der Waals surface area contributed by atoms with Crippen LogP contribution in [0.2, 0.25) is 0 Å². The molecule has 17 heteroatoms. The molecule has 1 nitrogen and oxygen atoms in total. The van der Waals surface area contributed by atoms with Gasteiger partial charge in [0.15, 0.2) is 69.8 Å². The fourth-order valence-corrected chi connectivity index (χ4v) is 6.46. The van der Waals surface area contributed by atoms with Crippen LogP contribution in [0.5, 0.6) is 0 Å². The van der Waals surface area contributed by atoms with Crippen LogP contribution in [0.25, 0.3) is 0 Å². The van der Waals surface area contributed by atoms with Crippen LogP contribution in [0.15, 0.2) is 0 Å².